The fourth-order valence-corrected chi connectivity index (χ4v) is 3.73. The van der Waals surface area contributed by atoms with Gasteiger partial charge in [-0.25, -0.2) is 15.0 Å². The normalized spacial score (nSPS) is 15.2. The van der Waals surface area contributed by atoms with Gasteiger partial charge in [-0.05, 0) is 38.1 Å². The van der Waals surface area contributed by atoms with Gasteiger partial charge in [-0.3, -0.25) is 0 Å². The van der Waals surface area contributed by atoms with Gasteiger partial charge in [-0.15, -0.1) is 0 Å². The Morgan fingerprint density at radius 2 is 1.79 bits per heavy atom. The average molecular weight is 481 g/mol. The summed E-state index contributed by atoms with van der Waals surface area (Å²) in [6.07, 6.45) is -5.65. The van der Waals surface area contributed by atoms with Gasteiger partial charge in [0.15, 0.2) is 0 Å². The molecule has 34 heavy (non-hydrogen) atoms. The SMILES string of the molecule is N#Cc1cccc(-n2cnc(-c3nc(NC4CCNCC4)ncc3C(F)(F)F)c2)c1C(F)(F)F. The van der Waals surface area contributed by atoms with Crippen LogP contribution in [0.3, 0.4) is 0 Å². The molecule has 0 radical (unpaired) electrons. The van der Waals surface area contributed by atoms with Crippen LogP contribution in [0.2, 0.25) is 0 Å². The summed E-state index contributed by atoms with van der Waals surface area (Å²) in [5, 5.41) is 15.3. The molecule has 1 fully saturated rings. The highest BCUT2D eigenvalue weighted by Crippen LogP contribution is 2.38. The van der Waals surface area contributed by atoms with Crippen molar-refractivity contribution in [1.29, 1.82) is 5.26 Å². The van der Waals surface area contributed by atoms with E-state index in [4.69, 9.17) is 5.26 Å². The minimum Gasteiger partial charge on any atom is -0.351 e. The first-order valence-electron chi connectivity index (χ1n) is 10.1. The van der Waals surface area contributed by atoms with E-state index in [2.05, 4.69) is 25.6 Å². The number of hydrogen-bond acceptors (Lipinski definition) is 6. The molecule has 0 amide bonds. The highest BCUT2D eigenvalue weighted by atomic mass is 19.4. The van der Waals surface area contributed by atoms with E-state index in [0.717, 1.165) is 55.2 Å². The minimum atomic E-state index is -4.87. The smallest absolute Gasteiger partial charge is 0.351 e. The van der Waals surface area contributed by atoms with E-state index in [1.165, 1.54) is 12.1 Å². The van der Waals surface area contributed by atoms with Crippen molar-refractivity contribution in [3.8, 4) is 23.1 Å². The van der Waals surface area contributed by atoms with Crippen LogP contribution in [0.5, 0.6) is 0 Å². The number of anilines is 1. The molecule has 0 atom stereocenters. The van der Waals surface area contributed by atoms with Crippen LogP contribution in [-0.2, 0) is 12.4 Å². The second-order valence-corrected chi connectivity index (χ2v) is 7.60. The number of imidazole rings is 1. The molecule has 3 aromatic rings. The Morgan fingerprint density at radius 3 is 2.44 bits per heavy atom. The maximum atomic E-state index is 13.6. The van der Waals surface area contributed by atoms with Gasteiger partial charge in [-0.1, -0.05) is 6.07 Å². The third-order valence-electron chi connectivity index (χ3n) is 5.32. The number of nitrogens with zero attached hydrogens (tertiary/aromatic N) is 5. The van der Waals surface area contributed by atoms with Crippen molar-refractivity contribution in [2.45, 2.75) is 31.2 Å². The summed E-state index contributed by atoms with van der Waals surface area (Å²) in [6.45, 7) is 1.47. The van der Waals surface area contributed by atoms with Crippen LogP contribution in [0, 0.1) is 11.3 Å². The van der Waals surface area contributed by atoms with E-state index >= 15 is 0 Å². The average Bonchev–Trinajstić information content (AvgIpc) is 3.28. The van der Waals surface area contributed by atoms with Crippen molar-refractivity contribution in [2.75, 3.05) is 18.4 Å². The summed E-state index contributed by atoms with van der Waals surface area (Å²) in [7, 11) is 0. The fourth-order valence-electron chi connectivity index (χ4n) is 3.73. The molecule has 1 aromatic carbocycles. The Hall–Kier alpha value is -3.66. The van der Waals surface area contributed by atoms with E-state index in [0.29, 0.717) is 6.20 Å². The van der Waals surface area contributed by atoms with Crippen LogP contribution in [0.4, 0.5) is 32.3 Å². The Bertz CT molecular complexity index is 1220. The quantitative estimate of drug-likeness (QED) is 0.537. The number of piperidine rings is 1. The Labute approximate surface area is 189 Å². The summed E-state index contributed by atoms with van der Waals surface area (Å²) < 4.78 is 82.8. The predicted molar refractivity (Wildman–Crippen MR) is 109 cm³/mol. The fraction of sp³-hybridized carbons (Fsp3) is 0.333. The molecule has 0 aliphatic carbocycles. The molecule has 1 saturated heterocycles. The topological polar surface area (TPSA) is 91.5 Å². The molecule has 0 spiro atoms. The molecule has 0 saturated carbocycles. The van der Waals surface area contributed by atoms with Gasteiger partial charge in [0.2, 0.25) is 5.95 Å². The molecule has 13 heteroatoms. The van der Waals surface area contributed by atoms with Crippen LogP contribution in [0.25, 0.3) is 17.1 Å². The third kappa shape index (κ3) is 4.81. The number of hydrogen-bond donors (Lipinski definition) is 2. The summed E-state index contributed by atoms with van der Waals surface area (Å²) in [6, 6.07) is 4.81. The minimum absolute atomic E-state index is 0.0353. The van der Waals surface area contributed by atoms with Gasteiger partial charge in [0.25, 0.3) is 0 Å². The molecular weight excluding hydrogens is 464 g/mol. The maximum absolute atomic E-state index is 13.6. The van der Waals surface area contributed by atoms with Crippen LogP contribution in [-0.4, -0.2) is 38.7 Å². The van der Waals surface area contributed by atoms with Crippen LogP contribution in [0.15, 0.2) is 36.9 Å². The largest absolute Gasteiger partial charge is 0.420 e. The molecule has 2 N–H and O–H groups in total. The number of nitriles is 1. The number of aromatic nitrogens is 4. The molecule has 4 rings (SSSR count). The lowest BCUT2D eigenvalue weighted by Crippen LogP contribution is -2.35. The first-order chi connectivity index (χ1) is 16.1. The second-order valence-electron chi connectivity index (χ2n) is 7.60. The second kappa shape index (κ2) is 8.94. The first kappa shape index (κ1) is 23.5. The molecule has 1 aliphatic rings. The third-order valence-corrected chi connectivity index (χ3v) is 5.32. The Kier molecular flexibility index (Phi) is 6.18. The molecule has 7 nitrogen and oxygen atoms in total. The molecule has 2 aromatic heterocycles. The number of alkyl halides is 6. The predicted octanol–water partition coefficient (Wildman–Crippen LogP) is 4.40. The van der Waals surface area contributed by atoms with Crippen LogP contribution < -0.4 is 10.6 Å². The van der Waals surface area contributed by atoms with Gasteiger partial charge in [0.05, 0.1) is 29.2 Å². The van der Waals surface area contributed by atoms with Gasteiger partial charge < -0.3 is 15.2 Å². The van der Waals surface area contributed by atoms with Gasteiger partial charge in [0, 0.05) is 18.4 Å². The lowest BCUT2D eigenvalue weighted by molar-refractivity contribution is -0.138. The van der Waals surface area contributed by atoms with Crippen molar-refractivity contribution >= 4 is 5.95 Å². The molecular formula is C21H17F6N7. The highest BCUT2D eigenvalue weighted by Gasteiger charge is 2.38. The molecule has 178 valence electrons. The number of nitrogens with one attached hydrogen (secondary N) is 2. The Morgan fingerprint density at radius 1 is 1.06 bits per heavy atom. The van der Waals surface area contributed by atoms with Gasteiger partial charge >= 0.3 is 12.4 Å². The molecule has 0 unspecified atom stereocenters. The number of halogens is 6. The summed E-state index contributed by atoms with van der Waals surface area (Å²) in [5.74, 6) is -0.0353. The van der Waals surface area contributed by atoms with Crippen LogP contribution >= 0.6 is 0 Å². The lowest BCUT2D eigenvalue weighted by atomic mass is 10.1. The highest BCUT2D eigenvalue weighted by molar-refractivity contribution is 5.62. The standard InChI is InChI=1S/C21H17F6N7/c22-20(23,24)14-9-30-19(32-13-4-6-29-7-5-13)33-18(14)15-10-34(11-31-15)16-3-1-2-12(8-28)17(16)21(25,26)27/h1-3,9-11,13,29H,4-7H2,(H,30,32,33). The monoisotopic (exact) mass is 481 g/mol. The summed E-state index contributed by atoms with van der Waals surface area (Å²) >= 11 is 0. The zero-order valence-corrected chi connectivity index (χ0v) is 17.4. The number of rotatable bonds is 4. The first-order valence-corrected chi connectivity index (χ1v) is 10.1. The molecule has 0 bridgehead atoms. The van der Waals surface area contributed by atoms with Gasteiger partial charge in [0.1, 0.15) is 17.0 Å². The van der Waals surface area contributed by atoms with E-state index in [9.17, 15) is 26.3 Å². The molecule has 1 aliphatic heterocycles. The zero-order chi connectivity index (χ0) is 24.5. The van der Waals surface area contributed by atoms with Crippen LogP contribution in [0.1, 0.15) is 29.5 Å². The van der Waals surface area contributed by atoms with Crippen molar-refractivity contribution in [3.63, 3.8) is 0 Å². The molecule has 3 heterocycles. The lowest BCUT2D eigenvalue weighted by Gasteiger charge is -2.24. The van der Waals surface area contributed by atoms with E-state index < -0.39 is 40.4 Å². The summed E-state index contributed by atoms with van der Waals surface area (Å²) in [4.78, 5) is 11.7. The van der Waals surface area contributed by atoms with Crippen molar-refractivity contribution in [3.05, 3.63) is 53.6 Å². The summed E-state index contributed by atoms with van der Waals surface area (Å²) in [5.41, 5.74) is -4.31. The van der Waals surface area contributed by atoms with Crippen molar-refractivity contribution < 1.29 is 26.3 Å². The van der Waals surface area contributed by atoms with Crippen molar-refractivity contribution in [2.24, 2.45) is 0 Å². The van der Waals surface area contributed by atoms with E-state index in [1.54, 1.807) is 0 Å². The maximum Gasteiger partial charge on any atom is 0.420 e. The Balaban J connectivity index is 1.77. The van der Waals surface area contributed by atoms with Gasteiger partial charge in [-0.2, -0.15) is 31.6 Å². The zero-order valence-electron chi connectivity index (χ0n) is 17.4. The number of benzene rings is 1. The van der Waals surface area contributed by atoms with E-state index in [-0.39, 0.29) is 17.7 Å². The van der Waals surface area contributed by atoms with Crippen molar-refractivity contribution in [1.82, 2.24) is 24.8 Å². The van der Waals surface area contributed by atoms with E-state index in [1.807, 2.05) is 0 Å².